The average molecular weight is 959 g/mol. The van der Waals surface area contributed by atoms with Gasteiger partial charge in [0.1, 0.15) is 10.0 Å². The number of carboxylic acid groups (broad SMARTS) is 1. The average Bonchev–Trinajstić information content (AvgIpc) is 3.85. The molecule has 21 heteroatoms. The van der Waals surface area contributed by atoms with E-state index in [1.54, 1.807) is 34.8 Å². The fourth-order valence-corrected chi connectivity index (χ4v) is 8.84. The number of alkyl halides is 6. The van der Waals surface area contributed by atoms with Gasteiger partial charge in [-0.3, -0.25) is 4.79 Å². The number of carbonyl (C=O) groups excluding carboxylic acids is 1. The molecule has 8 aromatic rings. The first-order chi connectivity index (χ1) is 32.1. The van der Waals surface area contributed by atoms with Crippen LogP contribution in [0.5, 0.6) is 0 Å². The van der Waals surface area contributed by atoms with Gasteiger partial charge in [-0.15, -0.1) is 22.7 Å². The van der Waals surface area contributed by atoms with Crippen molar-refractivity contribution in [2.45, 2.75) is 48.9 Å². The number of nitrogens with zero attached hydrogens (tertiary/aromatic N) is 6. The lowest BCUT2D eigenvalue weighted by atomic mass is 10.1. The van der Waals surface area contributed by atoms with E-state index >= 15 is 0 Å². The highest BCUT2D eigenvalue weighted by Gasteiger charge is 2.47. The molecule has 4 aromatic carbocycles. The molecule has 0 aliphatic heterocycles. The summed E-state index contributed by atoms with van der Waals surface area (Å²) in [6, 6.07) is 31.6. The lowest BCUT2D eigenvalue weighted by molar-refractivity contribution is -0.160. The fourth-order valence-electron chi connectivity index (χ4n) is 6.65. The number of halogens is 6. The zero-order valence-electron chi connectivity index (χ0n) is 34.7. The number of amides is 1. The molecule has 4 N–H and O–H groups in total. The topological polar surface area (TPSA) is 196 Å². The number of hydrogen-bond acceptors (Lipinski definition) is 13. The molecular formula is C46H36F6N8O5S2. The molecule has 4 aromatic heterocycles. The number of benzene rings is 4. The van der Waals surface area contributed by atoms with E-state index < -0.39 is 30.1 Å². The van der Waals surface area contributed by atoms with Crippen LogP contribution in [0, 0.1) is 0 Å². The molecule has 13 nitrogen and oxygen atoms in total. The van der Waals surface area contributed by atoms with Crippen molar-refractivity contribution in [3.05, 3.63) is 153 Å². The molecule has 2 saturated carbocycles. The molecule has 0 bridgehead atoms. The monoisotopic (exact) mass is 958 g/mol. The molecular weight excluding hydrogens is 923 g/mol. The minimum Gasteiger partial charge on any atom is -0.478 e. The van der Waals surface area contributed by atoms with Crippen LogP contribution in [-0.2, 0) is 23.2 Å². The first-order valence-corrected chi connectivity index (χ1v) is 22.1. The van der Waals surface area contributed by atoms with Crippen molar-refractivity contribution in [2.24, 2.45) is 5.73 Å². The van der Waals surface area contributed by atoms with Gasteiger partial charge in [-0.05, 0) is 49.9 Å². The molecule has 0 radical (unpaired) electrons. The predicted octanol–water partition coefficient (Wildman–Crippen LogP) is 10.6. The second-order valence-corrected chi connectivity index (χ2v) is 17.3. The lowest BCUT2D eigenvalue weighted by Gasteiger charge is -2.13. The highest BCUT2D eigenvalue weighted by molar-refractivity contribution is 7.10. The van der Waals surface area contributed by atoms with E-state index in [-0.39, 0.29) is 45.1 Å². The Balaban J connectivity index is 0.000000150. The third kappa shape index (κ3) is 11.0. The molecule has 10 rings (SSSR count). The van der Waals surface area contributed by atoms with E-state index in [0.29, 0.717) is 12.1 Å². The minimum absolute atomic E-state index is 0.0779. The Hall–Kier alpha value is -7.10. The summed E-state index contributed by atoms with van der Waals surface area (Å²) in [5.74, 6) is -4.98. The second-order valence-electron chi connectivity index (χ2n) is 15.6. The highest BCUT2D eigenvalue weighted by atomic mass is 32.1. The number of thiazole rings is 2. The largest absolute Gasteiger partial charge is 0.478 e. The van der Waals surface area contributed by atoms with Crippen LogP contribution in [0.15, 0.2) is 129 Å². The van der Waals surface area contributed by atoms with Gasteiger partial charge in [0.05, 0.1) is 17.0 Å². The predicted molar refractivity (Wildman–Crippen MR) is 235 cm³/mol. The molecule has 0 atom stereocenters. The van der Waals surface area contributed by atoms with Gasteiger partial charge in [-0.25, -0.2) is 14.8 Å². The summed E-state index contributed by atoms with van der Waals surface area (Å²) in [5, 5.41) is 24.6. The number of aromatic carboxylic acids is 1. The van der Waals surface area contributed by atoms with Crippen molar-refractivity contribution in [3.63, 3.8) is 0 Å². The normalized spacial score (nSPS) is 14.5. The third-order valence-electron chi connectivity index (χ3n) is 10.8. The molecule has 344 valence electrons. The Morgan fingerprint density at radius 2 is 1.04 bits per heavy atom. The van der Waals surface area contributed by atoms with Gasteiger partial charge in [-0.1, -0.05) is 95.2 Å². The zero-order chi connectivity index (χ0) is 47.4. The van der Waals surface area contributed by atoms with Crippen molar-refractivity contribution < 1.29 is 50.1 Å². The van der Waals surface area contributed by atoms with Crippen LogP contribution < -0.4 is 11.1 Å². The summed E-state index contributed by atoms with van der Waals surface area (Å²) in [4.78, 5) is 39.5. The van der Waals surface area contributed by atoms with Crippen LogP contribution in [0.1, 0.15) is 68.2 Å². The molecule has 4 heterocycles. The molecule has 2 aliphatic rings. The highest BCUT2D eigenvalue weighted by Crippen LogP contribution is 2.50. The Morgan fingerprint density at radius 1 is 0.612 bits per heavy atom. The number of carboxylic acids is 1. The van der Waals surface area contributed by atoms with Crippen LogP contribution in [-0.4, -0.2) is 60.3 Å². The smallest absolute Gasteiger partial charge is 0.471 e. The standard InChI is InChI=1S/C23H17F3N4O2S.C13H14N2S.C10H5F3N2O3/c24-23(25,26)20-29-18(30-32-20)15-7-4-8-16(11-15)19(31)27-13-22(9-10-22)21-28-17(12-33-21)14-5-2-1-3-6-14;14-9-13(6-7-13)12-15-11(8-16-12)10-4-2-1-3-5-10;11-10(12,13)9-14-7(15-18-9)5-2-1-3-6(4-5)8(16)17/h1-8,11-12H,9-10,13H2,(H,27,31);1-5,8H,6-7,9,14H2;1-4H,(H,16,17). The molecule has 2 fully saturated rings. The summed E-state index contributed by atoms with van der Waals surface area (Å²) in [6.45, 7) is 1.16. The van der Waals surface area contributed by atoms with Crippen molar-refractivity contribution in [3.8, 4) is 45.3 Å². The summed E-state index contributed by atoms with van der Waals surface area (Å²) in [5.41, 5.74) is 10.7. The number of nitrogens with two attached hydrogens (primary N) is 1. The van der Waals surface area contributed by atoms with Gasteiger partial charge < -0.3 is 25.2 Å². The van der Waals surface area contributed by atoms with E-state index in [0.717, 1.165) is 47.4 Å². The van der Waals surface area contributed by atoms with E-state index in [1.807, 2.05) is 53.9 Å². The van der Waals surface area contributed by atoms with Gasteiger partial charge >= 0.3 is 30.1 Å². The lowest BCUT2D eigenvalue weighted by Crippen LogP contribution is -2.32. The first kappa shape index (κ1) is 46.4. The van der Waals surface area contributed by atoms with Crippen LogP contribution in [0.4, 0.5) is 26.3 Å². The summed E-state index contributed by atoms with van der Waals surface area (Å²) in [7, 11) is 0. The van der Waals surface area contributed by atoms with Gasteiger partial charge in [0.15, 0.2) is 0 Å². The van der Waals surface area contributed by atoms with Crippen LogP contribution in [0.3, 0.4) is 0 Å². The van der Waals surface area contributed by atoms with Crippen LogP contribution in [0.25, 0.3) is 45.3 Å². The maximum atomic E-state index is 12.8. The molecule has 1 amide bonds. The van der Waals surface area contributed by atoms with Gasteiger partial charge in [0.2, 0.25) is 11.6 Å². The Morgan fingerprint density at radius 3 is 1.46 bits per heavy atom. The third-order valence-corrected chi connectivity index (χ3v) is 13.0. The van der Waals surface area contributed by atoms with Gasteiger partial charge in [0, 0.05) is 62.5 Å². The summed E-state index contributed by atoms with van der Waals surface area (Å²) >= 11 is 3.33. The van der Waals surface area contributed by atoms with Gasteiger partial charge in [-0.2, -0.15) is 36.3 Å². The van der Waals surface area contributed by atoms with Crippen molar-refractivity contribution in [2.75, 3.05) is 13.1 Å². The fraction of sp³-hybridized carbons (Fsp3) is 0.217. The number of rotatable bonds is 11. The Kier molecular flexibility index (Phi) is 13.2. The van der Waals surface area contributed by atoms with Crippen molar-refractivity contribution in [1.29, 1.82) is 0 Å². The van der Waals surface area contributed by atoms with E-state index in [4.69, 9.17) is 20.8 Å². The molecule has 0 spiro atoms. The first-order valence-electron chi connectivity index (χ1n) is 20.3. The van der Waals surface area contributed by atoms with Crippen molar-refractivity contribution in [1.82, 2.24) is 35.6 Å². The van der Waals surface area contributed by atoms with Crippen LogP contribution >= 0.6 is 22.7 Å². The number of aromatic nitrogens is 6. The maximum absolute atomic E-state index is 12.8. The summed E-state index contributed by atoms with van der Waals surface area (Å²) < 4.78 is 83.2. The number of carbonyl (C=O) groups is 2. The summed E-state index contributed by atoms with van der Waals surface area (Å²) in [6.07, 6.45) is -5.20. The number of hydrogen-bond donors (Lipinski definition) is 3. The van der Waals surface area contributed by atoms with Gasteiger partial charge in [0.25, 0.3) is 5.91 Å². The zero-order valence-corrected chi connectivity index (χ0v) is 36.3. The SMILES string of the molecule is NCC1(c2nc(-c3ccccc3)cs2)CC1.O=C(NCC1(c2nc(-c3ccccc3)cs2)CC1)c1cccc(-c2noc(C(F)(F)F)n2)c1.O=C(O)c1cccc(-c2noc(C(F)(F)F)n2)c1. The van der Waals surface area contributed by atoms with E-state index in [9.17, 15) is 35.9 Å². The quantitative estimate of drug-likeness (QED) is 0.104. The molecule has 0 saturated heterocycles. The van der Waals surface area contributed by atoms with Crippen molar-refractivity contribution >= 4 is 34.6 Å². The molecule has 67 heavy (non-hydrogen) atoms. The Bertz CT molecular complexity index is 2980. The minimum atomic E-state index is -4.73. The number of nitrogens with one attached hydrogen (secondary N) is 1. The van der Waals surface area contributed by atoms with E-state index in [1.165, 1.54) is 53.7 Å². The van der Waals surface area contributed by atoms with E-state index in [2.05, 4.69) is 52.2 Å². The maximum Gasteiger partial charge on any atom is 0.471 e. The second kappa shape index (κ2) is 19.0. The molecule has 2 aliphatic carbocycles. The van der Waals surface area contributed by atoms with Crippen LogP contribution in [0.2, 0.25) is 0 Å². The molecule has 0 unspecified atom stereocenters. The Labute approximate surface area is 384 Å².